The quantitative estimate of drug-likeness (QED) is 0.885. The molecule has 1 amide bonds. The van der Waals surface area contributed by atoms with Crippen LogP contribution < -0.4 is 10.9 Å². The Morgan fingerprint density at radius 3 is 2.68 bits per heavy atom. The summed E-state index contributed by atoms with van der Waals surface area (Å²) < 4.78 is 1.36. The molecule has 7 nitrogen and oxygen atoms in total. The van der Waals surface area contributed by atoms with Crippen LogP contribution in [0, 0.1) is 6.92 Å². The Labute approximate surface area is 130 Å². The van der Waals surface area contributed by atoms with E-state index in [0.29, 0.717) is 10.7 Å². The summed E-state index contributed by atoms with van der Waals surface area (Å²) in [6, 6.07) is 2.34. The molecule has 0 bridgehead atoms. The van der Waals surface area contributed by atoms with Crippen LogP contribution in [0.1, 0.15) is 43.7 Å². The predicted octanol–water partition coefficient (Wildman–Crippen LogP) is 1.34. The molecule has 0 aliphatic heterocycles. The van der Waals surface area contributed by atoms with Crippen molar-refractivity contribution < 1.29 is 14.7 Å². The van der Waals surface area contributed by atoms with Crippen LogP contribution in [0.4, 0.5) is 0 Å². The summed E-state index contributed by atoms with van der Waals surface area (Å²) >= 11 is 1.03. The maximum Gasteiger partial charge on any atom is 0.347 e. The van der Waals surface area contributed by atoms with E-state index in [9.17, 15) is 14.4 Å². The minimum absolute atomic E-state index is 0.157. The SMILES string of the molecule is Cc1nc(C(C)NC(=O)c2ccn(C)c(=O)c2)sc1C(=O)O. The molecule has 0 aliphatic carbocycles. The van der Waals surface area contributed by atoms with Crippen LogP contribution >= 0.6 is 11.3 Å². The Morgan fingerprint density at radius 1 is 1.45 bits per heavy atom. The normalized spacial score (nSPS) is 12.0. The number of pyridine rings is 1. The fraction of sp³-hybridized carbons (Fsp3) is 0.286. The number of carboxylic acids is 1. The first-order valence-corrected chi connectivity index (χ1v) is 7.29. The van der Waals surface area contributed by atoms with Crippen LogP contribution in [-0.2, 0) is 7.05 Å². The van der Waals surface area contributed by atoms with Crippen molar-refractivity contribution in [2.75, 3.05) is 0 Å². The van der Waals surface area contributed by atoms with Crippen LogP contribution in [0.5, 0.6) is 0 Å². The van der Waals surface area contributed by atoms with E-state index in [-0.39, 0.29) is 16.0 Å². The number of nitrogens with one attached hydrogen (secondary N) is 1. The van der Waals surface area contributed by atoms with Gasteiger partial charge in [0, 0.05) is 24.9 Å². The van der Waals surface area contributed by atoms with Gasteiger partial charge in [-0.1, -0.05) is 0 Å². The molecule has 0 spiro atoms. The number of aryl methyl sites for hydroxylation is 2. The topological polar surface area (TPSA) is 101 Å². The minimum atomic E-state index is -1.04. The number of aromatic nitrogens is 2. The lowest BCUT2D eigenvalue weighted by Gasteiger charge is -2.11. The van der Waals surface area contributed by atoms with E-state index in [4.69, 9.17) is 5.11 Å². The summed E-state index contributed by atoms with van der Waals surface area (Å²) in [5.74, 6) is -1.44. The van der Waals surface area contributed by atoms with E-state index in [1.807, 2.05) is 0 Å². The molecule has 2 aromatic heterocycles. The number of hydrogen-bond acceptors (Lipinski definition) is 5. The number of nitrogens with zero attached hydrogens (tertiary/aromatic N) is 2. The van der Waals surface area contributed by atoms with Crippen molar-refractivity contribution in [3.8, 4) is 0 Å². The van der Waals surface area contributed by atoms with E-state index in [1.54, 1.807) is 27.0 Å². The van der Waals surface area contributed by atoms with Gasteiger partial charge in [-0.3, -0.25) is 9.59 Å². The van der Waals surface area contributed by atoms with Gasteiger partial charge in [0.15, 0.2) is 0 Å². The molecular formula is C14H15N3O4S. The lowest BCUT2D eigenvalue weighted by molar-refractivity contribution is 0.0701. The van der Waals surface area contributed by atoms with E-state index in [1.165, 1.54) is 16.8 Å². The van der Waals surface area contributed by atoms with Gasteiger partial charge in [-0.2, -0.15) is 0 Å². The second-order valence-corrected chi connectivity index (χ2v) is 5.86. The van der Waals surface area contributed by atoms with Crippen molar-refractivity contribution in [2.24, 2.45) is 7.05 Å². The van der Waals surface area contributed by atoms with Gasteiger partial charge in [0.05, 0.1) is 11.7 Å². The zero-order valence-electron chi connectivity index (χ0n) is 12.3. The molecule has 2 heterocycles. The van der Waals surface area contributed by atoms with Crippen molar-refractivity contribution in [2.45, 2.75) is 19.9 Å². The first-order chi connectivity index (χ1) is 10.3. The molecule has 8 heteroatoms. The molecule has 1 atom stereocenters. The molecule has 2 rings (SSSR count). The highest BCUT2D eigenvalue weighted by atomic mass is 32.1. The summed E-state index contributed by atoms with van der Waals surface area (Å²) in [6.07, 6.45) is 1.51. The smallest absolute Gasteiger partial charge is 0.347 e. The number of carboxylic acid groups (broad SMARTS) is 1. The third kappa shape index (κ3) is 3.22. The van der Waals surface area contributed by atoms with Crippen molar-refractivity contribution in [3.05, 3.63) is 49.8 Å². The molecule has 0 radical (unpaired) electrons. The van der Waals surface area contributed by atoms with E-state index in [0.717, 1.165) is 11.3 Å². The Balaban J connectivity index is 2.17. The second-order valence-electron chi connectivity index (χ2n) is 4.83. The van der Waals surface area contributed by atoms with Gasteiger partial charge in [0.2, 0.25) is 0 Å². The number of carbonyl (C=O) groups is 2. The molecule has 0 aromatic carbocycles. The lowest BCUT2D eigenvalue weighted by atomic mass is 10.2. The van der Waals surface area contributed by atoms with Crippen molar-refractivity contribution in [3.63, 3.8) is 0 Å². The predicted molar refractivity (Wildman–Crippen MR) is 81.4 cm³/mol. The van der Waals surface area contributed by atoms with Gasteiger partial charge < -0.3 is 15.0 Å². The number of hydrogen-bond donors (Lipinski definition) is 2. The van der Waals surface area contributed by atoms with Crippen molar-refractivity contribution >= 4 is 23.2 Å². The largest absolute Gasteiger partial charge is 0.477 e. The molecule has 22 heavy (non-hydrogen) atoms. The number of amides is 1. The van der Waals surface area contributed by atoms with Gasteiger partial charge >= 0.3 is 5.97 Å². The molecule has 0 saturated heterocycles. The fourth-order valence-electron chi connectivity index (χ4n) is 1.83. The third-order valence-corrected chi connectivity index (χ3v) is 4.42. The fourth-order valence-corrected chi connectivity index (χ4v) is 2.74. The number of aromatic carboxylic acids is 1. The molecule has 1 unspecified atom stereocenters. The highest BCUT2D eigenvalue weighted by molar-refractivity contribution is 7.13. The zero-order chi connectivity index (χ0) is 16.4. The number of rotatable bonds is 4. The molecule has 0 fully saturated rings. The van der Waals surface area contributed by atoms with Gasteiger partial charge in [-0.05, 0) is 19.9 Å². The maximum absolute atomic E-state index is 12.1. The van der Waals surface area contributed by atoms with E-state index >= 15 is 0 Å². The monoisotopic (exact) mass is 321 g/mol. The standard InChI is InChI=1S/C14H15N3O4S/c1-7-11(14(20)21)22-13(16-7)8(2)15-12(19)9-4-5-17(3)10(18)6-9/h4-6,8H,1-3H3,(H,15,19)(H,20,21). The molecule has 0 aliphatic rings. The Bertz CT molecular complexity index is 794. The maximum atomic E-state index is 12.1. The van der Waals surface area contributed by atoms with Crippen molar-refractivity contribution in [1.82, 2.24) is 14.9 Å². The zero-order valence-corrected chi connectivity index (χ0v) is 13.1. The summed E-state index contributed by atoms with van der Waals surface area (Å²) in [6.45, 7) is 3.32. The number of carbonyl (C=O) groups excluding carboxylic acids is 1. The lowest BCUT2D eigenvalue weighted by Crippen LogP contribution is -2.28. The van der Waals surface area contributed by atoms with Gasteiger partial charge in [0.1, 0.15) is 9.88 Å². The number of thiazole rings is 1. The van der Waals surface area contributed by atoms with Crippen LogP contribution in [0.25, 0.3) is 0 Å². The van der Waals surface area contributed by atoms with Crippen LogP contribution in [0.2, 0.25) is 0 Å². The van der Waals surface area contributed by atoms with Gasteiger partial charge in [-0.15, -0.1) is 11.3 Å². The summed E-state index contributed by atoms with van der Waals surface area (Å²) in [4.78, 5) is 39.0. The minimum Gasteiger partial charge on any atom is -0.477 e. The molecule has 0 saturated carbocycles. The van der Waals surface area contributed by atoms with E-state index in [2.05, 4.69) is 10.3 Å². The highest BCUT2D eigenvalue weighted by Crippen LogP contribution is 2.23. The molecule has 2 aromatic rings. The van der Waals surface area contributed by atoms with Crippen LogP contribution in [-0.4, -0.2) is 26.5 Å². The third-order valence-electron chi connectivity index (χ3n) is 3.09. The highest BCUT2D eigenvalue weighted by Gasteiger charge is 2.19. The average Bonchev–Trinajstić information content (AvgIpc) is 2.84. The molecule has 116 valence electrons. The first-order valence-electron chi connectivity index (χ1n) is 6.47. The Kier molecular flexibility index (Phi) is 4.41. The molecule has 2 N–H and O–H groups in total. The second kappa shape index (κ2) is 6.10. The summed E-state index contributed by atoms with van der Waals surface area (Å²) in [5, 5.41) is 12.2. The van der Waals surface area contributed by atoms with Gasteiger partial charge in [0.25, 0.3) is 11.5 Å². The summed E-state index contributed by atoms with van der Waals surface area (Å²) in [5.41, 5.74) is 0.391. The molecular weight excluding hydrogens is 306 g/mol. The van der Waals surface area contributed by atoms with E-state index < -0.39 is 17.9 Å². The van der Waals surface area contributed by atoms with Gasteiger partial charge in [-0.25, -0.2) is 9.78 Å². The van der Waals surface area contributed by atoms with Crippen molar-refractivity contribution in [1.29, 1.82) is 0 Å². The van der Waals surface area contributed by atoms with Crippen LogP contribution in [0.15, 0.2) is 23.1 Å². The Morgan fingerprint density at radius 2 is 2.14 bits per heavy atom. The Hall–Kier alpha value is -2.48. The van der Waals surface area contributed by atoms with Crippen LogP contribution in [0.3, 0.4) is 0 Å². The first kappa shape index (κ1) is 15.9. The summed E-state index contributed by atoms with van der Waals surface area (Å²) in [7, 11) is 1.60. The average molecular weight is 321 g/mol.